The van der Waals surface area contributed by atoms with Crippen LogP contribution in [0.3, 0.4) is 0 Å². The molecule has 2 aromatic heterocycles. The number of aliphatic hydroxyl groups excluding tert-OH is 2. The summed E-state index contributed by atoms with van der Waals surface area (Å²) in [5, 5.41) is 38.3. The third-order valence-corrected chi connectivity index (χ3v) is 6.73. The molecule has 0 aliphatic carbocycles. The SMILES string of the molecule is CC(=O)O.CC(=O)O[B-]OC(C)=O.CC(C)n1nccc1C1=C(CO)CCN(C)C1.CC(C)n1nccc1C1=C(CO)CCNC1.[Na+]. The van der Waals surface area contributed by atoms with E-state index in [2.05, 4.69) is 64.5 Å². The Morgan fingerprint density at radius 1 is 0.872 bits per heavy atom. The molecule has 4 N–H and O–H groups in total. The normalized spacial score (nSPS) is 14.6. The van der Waals surface area contributed by atoms with E-state index in [0.717, 1.165) is 68.5 Å². The number of aliphatic carboxylic acids is 1. The predicted octanol–water partition coefficient (Wildman–Crippen LogP) is -0.510. The second-order valence-corrected chi connectivity index (χ2v) is 11.2. The summed E-state index contributed by atoms with van der Waals surface area (Å²) in [6.07, 6.45) is 5.54. The molecular formula is C31H50BN6NaO8. The van der Waals surface area contributed by atoms with Crippen LogP contribution in [0.2, 0.25) is 0 Å². The first-order chi connectivity index (χ1) is 21.7. The number of carbonyl (C=O) groups is 3. The number of carbonyl (C=O) groups excluding carboxylic acids is 2. The van der Waals surface area contributed by atoms with Crippen LogP contribution in [0.4, 0.5) is 0 Å². The molecule has 4 heterocycles. The molecule has 2 aromatic rings. The zero-order valence-electron chi connectivity index (χ0n) is 29.3. The number of carboxylic acids is 1. The summed E-state index contributed by atoms with van der Waals surface area (Å²) < 4.78 is 12.3. The van der Waals surface area contributed by atoms with E-state index >= 15 is 0 Å². The van der Waals surface area contributed by atoms with Gasteiger partial charge in [0.05, 0.1) is 24.6 Å². The average Bonchev–Trinajstić information content (AvgIpc) is 3.68. The first-order valence-corrected chi connectivity index (χ1v) is 15.2. The maximum Gasteiger partial charge on any atom is 1.00 e. The number of hydrogen-bond donors (Lipinski definition) is 4. The zero-order chi connectivity index (χ0) is 34.8. The Kier molecular flexibility index (Phi) is 22.1. The van der Waals surface area contributed by atoms with E-state index in [1.807, 2.05) is 33.9 Å². The van der Waals surface area contributed by atoms with Crippen LogP contribution in [0.15, 0.2) is 35.7 Å². The second kappa shape index (κ2) is 23.5. The van der Waals surface area contributed by atoms with Crippen molar-refractivity contribution in [1.29, 1.82) is 0 Å². The summed E-state index contributed by atoms with van der Waals surface area (Å²) in [4.78, 5) is 31.2. The fourth-order valence-electron chi connectivity index (χ4n) is 4.64. The molecule has 47 heavy (non-hydrogen) atoms. The molecule has 0 spiro atoms. The van der Waals surface area contributed by atoms with Crippen LogP contribution >= 0.6 is 0 Å². The number of rotatable bonds is 8. The Morgan fingerprint density at radius 3 is 1.74 bits per heavy atom. The molecule has 2 radical (unpaired) electrons. The number of aliphatic hydroxyl groups is 2. The summed E-state index contributed by atoms with van der Waals surface area (Å²) in [5.74, 6) is -1.87. The van der Waals surface area contributed by atoms with Crippen LogP contribution in [0, 0.1) is 0 Å². The maximum atomic E-state index is 9.98. The van der Waals surface area contributed by atoms with Gasteiger partial charge in [0.25, 0.3) is 17.9 Å². The molecule has 16 heteroatoms. The Balaban J connectivity index is 0.000000657. The molecule has 2 aliphatic rings. The fraction of sp³-hybridized carbons (Fsp3) is 0.581. The van der Waals surface area contributed by atoms with E-state index in [4.69, 9.17) is 9.90 Å². The number of aromatic nitrogens is 4. The number of nitrogens with zero attached hydrogens (tertiary/aromatic N) is 5. The summed E-state index contributed by atoms with van der Waals surface area (Å²) in [6, 6.07) is 4.77. The number of likely N-dealkylation sites (N-methyl/N-ethyl adjacent to an activating group) is 1. The van der Waals surface area contributed by atoms with Crippen LogP contribution in [0.25, 0.3) is 11.1 Å². The van der Waals surface area contributed by atoms with Gasteiger partial charge in [-0.3, -0.25) is 23.7 Å². The van der Waals surface area contributed by atoms with Crippen molar-refractivity contribution in [3.63, 3.8) is 0 Å². The molecule has 4 rings (SSSR count). The second-order valence-electron chi connectivity index (χ2n) is 11.2. The standard InChI is InChI=1S/C13H21N3O.C12H19N3O.C4H6BO4.C2H4O2.Na/c1-10(2)16-13(4-6-14-16)12-8-15(3)7-5-11(12)9-17;1-9(2)15-12(4-6-14-15)11-7-13-5-3-10(11)8-16;1-3(6)8-5-9-4(2)7;1-2(3)4;/h4,6,10,17H,5,7-9H2,1-3H3;4,6,9,13,16H,3,5,7-8H2,1-2H3;1-2H3;1H3,(H,3,4);/q;;-1;;+1. The molecule has 0 saturated heterocycles. The first kappa shape index (κ1) is 44.2. The van der Waals surface area contributed by atoms with Gasteiger partial charge in [-0.15, -0.1) is 0 Å². The molecular weight excluding hydrogens is 618 g/mol. The number of hydrogen-bond acceptors (Lipinski definition) is 11. The third kappa shape index (κ3) is 16.2. The van der Waals surface area contributed by atoms with Crippen molar-refractivity contribution < 1.29 is 68.6 Å². The molecule has 256 valence electrons. The molecule has 0 amide bonds. The van der Waals surface area contributed by atoms with Gasteiger partial charge < -0.3 is 34.8 Å². The monoisotopic (exact) mass is 668 g/mol. The van der Waals surface area contributed by atoms with E-state index in [-0.39, 0.29) is 42.8 Å². The molecule has 2 aliphatic heterocycles. The van der Waals surface area contributed by atoms with Gasteiger partial charge >= 0.3 is 29.6 Å². The van der Waals surface area contributed by atoms with E-state index in [1.165, 1.54) is 25.0 Å². The van der Waals surface area contributed by atoms with Gasteiger partial charge in [0, 0.05) is 64.9 Å². The van der Waals surface area contributed by atoms with Crippen molar-refractivity contribution >= 4 is 36.7 Å². The van der Waals surface area contributed by atoms with Gasteiger partial charge in [-0.2, -0.15) is 10.2 Å². The fourth-order valence-corrected chi connectivity index (χ4v) is 4.64. The largest absolute Gasteiger partial charge is 1.00 e. The van der Waals surface area contributed by atoms with E-state index in [1.54, 1.807) is 0 Å². The third-order valence-electron chi connectivity index (χ3n) is 6.73. The maximum absolute atomic E-state index is 9.98. The van der Waals surface area contributed by atoms with Gasteiger partial charge in [-0.1, -0.05) is 0 Å². The van der Waals surface area contributed by atoms with Crippen LogP contribution < -0.4 is 34.9 Å². The van der Waals surface area contributed by atoms with Crippen molar-refractivity contribution in [3.05, 3.63) is 47.1 Å². The predicted molar refractivity (Wildman–Crippen MR) is 175 cm³/mol. The minimum Gasteiger partial charge on any atom is -0.702 e. The van der Waals surface area contributed by atoms with Gasteiger partial charge in [0.2, 0.25) is 0 Å². The number of nitrogens with one attached hydrogen (secondary N) is 1. The van der Waals surface area contributed by atoms with Gasteiger partial charge in [0.15, 0.2) is 0 Å². The summed E-state index contributed by atoms with van der Waals surface area (Å²) in [7, 11) is 2.81. The minimum absolute atomic E-state index is 0. The molecule has 0 bridgehead atoms. The van der Waals surface area contributed by atoms with Crippen LogP contribution in [0.5, 0.6) is 0 Å². The smallest absolute Gasteiger partial charge is 0.702 e. The topological polar surface area (TPSA) is 181 Å². The van der Waals surface area contributed by atoms with Crippen LogP contribution in [0.1, 0.15) is 84.8 Å². The molecule has 0 atom stereocenters. The molecule has 0 saturated carbocycles. The average molecular weight is 669 g/mol. The Hall–Kier alpha value is -2.79. The number of carboxylic acid groups (broad SMARTS) is 1. The summed E-state index contributed by atoms with van der Waals surface area (Å²) in [5.41, 5.74) is 7.03. The van der Waals surface area contributed by atoms with E-state index in [0.29, 0.717) is 19.8 Å². The van der Waals surface area contributed by atoms with E-state index in [9.17, 15) is 19.8 Å². The van der Waals surface area contributed by atoms with Crippen molar-refractivity contribution in [1.82, 2.24) is 29.8 Å². The van der Waals surface area contributed by atoms with Gasteiger partial charge in [-0.25, -0.2) is 0 Å². The minimum atomic E-state index is -0.833. The Labute approximate surface area is 300 Å². The molecule has 0 aromatic carbocycles. The van der Waals surface area contributed by atoms with Crippen molar-refractivity contribution in [2.45, 2.75) is 73.4 Å². The van der Waals surface area contributed by atoms with E-state index < -0.39 is 17.9 Å². The van der Waals surface area contributed by atoms with Crippen LogP contribution in [-0.2, 0) is 23.7 Å². The quantitative estimate of drug-likeness (QED) is 0.265. The summed E-state index contributed by atoms with van der Waals surface area (Å²) in [6.45, 7) is 16.0. The van der Waals surface area contributed by atoms with Gasteiger partial charge in [0.1, 0.15) is 7.69 Å². The zero-order valence-corrected chi connectivity index (χ0v) is 31.3. The Bertz CT molecular complexity index is 1310. The molecule has 0 fully saturated rings. The van der Waals surface area contributed by atoms with Gasteiger partial charge in [-0.05, 0) is 88.6 Å². The first-order valence-electron chi connectivity index (χ1n) is 15.2. The molecule has 0 unspecified atom stereocenters. The van der Waals surface area contributed by atoms with Crippen molar-refractivity contribution in [2.75, 3.05) is 46.4 Å². The van der Waals surface area contributed by atoms with Crippen LogP contribution in [-0.4, -0.2) is 112 Å². The molecule has 14 nitrogen and oxygen atoms in total. The van der Waals surface area contributed by atoms with Crippen molar-refractivity contribution in [2.24, 2.45) is 0 Å². The van der Waals surface area contributed by atoms with Crippen molar-refractivity contribution in [3.8, 4) is 0 Å². The summed E-state index contributed by atoms with van der Waals surface area (Å²) >= 11 is 0. The Morgan fingerprint density at radius 2 is 1.32 bits per heavy atom.